The number of pyridine rings is 2. The Labute approximate surface area is 188 Å². The molecular weight excluding hydrogens is 428 g/mol. The zero-order valence-corrected chi connectivity index (χ0v) is 18.4. The van der Waals surface area contributed by atoms with Crippen molar-refractivity contribution in [1.29, 1.82) is 0 Å². The molecule has 170 valence electrons. The maximum absolute atomic E-state index is 13.5. The average molecular weight is 450 g/mol. The van der Waals surface area contributed by atoms with Crippen LogP contribution in [0.3, 0.4) is 0 Å². The molecule has 0 saturated carbocycles. The van der Waals surface area contributed by atoms with Crippen molar-refractivity contribution >= 4 is 23.0 Å². The SMILES string of the molecule is CCc1c2c(nc3ccc(O)cc13)-c1cc3c(c(=O)n1C2)COC(=O)C3(CC)OC(=O)OC. The van der Waals surface area contributed by atoms with Crippen LogP contribution >= 0.6 is 0 Å². The molecule has 0 bridgehead atoms. The Morgan fingerprint density at radius 3 is 2.73 bits per heavy atom. The number of aryl methyl sites for hydroxylation is 1. The maximum atomic E-state index is 13.5. The van der Waals surface area contributed by atoms with Gasteiger partial charge in [0, 0.05) is 16.5 Å². The average Bonchev–Trinajstić information content (AvgIpc) is 3.18. The highest BCUT2D eigenvalue weighted by Gasteiger charge is 2.51. The quantitative estimate of drug-likeness (QED) is 0.473. The van der Waals surface area contributed by atoms with Gasteiger partial charge in [-0.2, -0.15) is 0 Å². The fourth-order valence-corrected chi connectivity index (χ4v) is 4.89. The molecule has 0 radical (unpaired) electrons. The lowest BCUT2D eigenvalue weighted by atomic mass is 9.85. The first-order valence-electron chi connectivity index (χ1n) is 10.7. The summed E-state index contributed by atoms with van der Waals surface area (Å²) in [7, 11) is 1.15. The fraction of sp³-hybridized carbons (Fsp3) is 0.333. The van der Waals surface area contributed by atoms with Crippen LogP contribution in [-0.4, -0.2) is 33.9 Å². The first-order valence-corrected chi connectivity index (χ1v) is 10.7. The molecule has 1 N–H and O–H groups in total. The number of methoxy groups -OCH3 is 1. The van der Waals surface area contributed by atoms with E-state index in [0.717, 1.165) is 23.6 Å². The van der Waals surface area contributed by atoms with Gasteiger partial charge in [0.15, 0.2) is 0 Å². The monoisotopic (exact) mass is 450 g/mol. The standard InChI is InChI=1S/C24H22N2O7/c1-4-13-14-8-12(27)6-7-18(14)25-20-15(13)10-26-19(20)9-17-16(21(26)28)11-32-22(29)24(17,5-2)33-23(30)31-3/h6-9,27H,4-5,10-11H2,1-3H3. The summed E-state index contributed by atoms with van der Waals surface area (Å²) in [4.78, 5) is 43.1. The highest BCUT2D eigenvalue weighted by Crippen LogP contribution is 2.42. The third kappa shape index (κ3) is 2.84. The second-order valence-electron chi connectivity index (χ2n) is 8.10. The number of aromatic nitrogens is 2. The first kappa shape index (κ1) is 21.0. The molecule has 0 saturated heterocycles. The van der Waals surface area contributed by atoms with E-state index in [2.05, 4.69) is 4.74 Å². The van der Waals surface area contributed by atoms with Crippen LogP contribution in [0.2, 0.25) is 0 Å². The Hall–Kier alpha value is -3.88. The van der Waals surface area contributed by atoms with Gasteiger partial charge < -0.3 is 23.9 Å². The van der Waals surface area contributed by atoms with Crippen LogP contribution in [0.1, 0.15) is 42.5 Å². The van der Waals surface area contributed by atoms with Crippen LogP contribution in [0.4, 0.5) is 4.79 Å². The van der Waals surface area contributed by atoms with Crippen molar-refractivity contribution in [3.8, 4) is 17.1 Å². The Morgan fingerprint density at radius 1 is 1.24 bits per heavy atom. The summed E-state index contributed by atoms with van der Waals surface area (Å²) in [5, 5.41) is 10.8. The molecule has 1 unspecified atom stereocenters. The minimum Gasteiger partial charge on any atom is -0.508 e. The van der Waals surface area contributed by atoms with Crippen molar-refractivity contribution in [3.63, 3.8) is 0 Å². The number of cyclic esters (lactones) is 1. The number of nitrogens with zero attached hydrogens (tertiary/aromatic N) is 2. The Balaban J connectivity index is 1.80. The third-order valence-corrected chi connectivity index (χ3v) is 6.53. The second kappa shape index (κ2) is 7.33. The minimum absolute atomic E-state index is 0.0638. The number of carbonyl (C=O) groups is 2. The van der Waals surface area contributed by atoms with Crippen LogP contribution in [0.25, 0.3) is 22.3 Å². The van der Waals surface area contributed by atoms with Crippen LogP contribution < -0.4 is 5.56 Å². The smallest absolute Gasteiger partial charge is 0.508 e. The summed E-state index contributed by atoms with van der Waals surface area (Å²) in [6.45, 7) is 3.78. The second-order valence-corrected chi connectivity index (χ2v) is 8.10. The number of phenolic OH excluding ortho intramolecular Hbond substituents is 1. The van der Waals surface area contributed by atoms with Crippen molar-refractivity contribution in [2.24, 2.45) is 0 Å². The van der Waals surface area contributed by atoms with E-state index >= 15 is 0 Å². The van der Waals surface area contributed by atoms with E-state index in [1.807, 2.05) is 6.92 Å². The van der Waals surface area contributed by atoms with Gasteiger partial charge in [-0.05, 0) is 42.7 Å². The summed E-state index contributed by atoms with van der Waals surface area (Å²) in [6.07, 6.45) is -0.298. The molecule has 9 nitrogen and oxygen atoms in total. The van der Waals surface area contributed by atoms with E-state index in [0.29, 0.717) is 35.4 Å². The molecule has 5 rings (SSSR count). The maximum Gasteiger partial charge on any atom is 0.509 e. The van der Waals surface area contributed by atoms with Gasteiger partial charge in [0.2, 0.25) is 5.60 Å². The third-order valence-electron chi connectivity index (χ3n) is 6.53. The highest BCUT2D eigenvalue weighted by atomic mass is 16.7. The molecule has 0 spiro atoms. The van der Waals surface area contributed by atoms with Crippen molar-refractivity contribution in [1.82, 2.24) is 9.55 Å². The van der Waals surface area contributed by atoms with Crippen LogP contribution in [0.5, 0.6) is 5.75 Å². The van der Waals surface area contributed by atoms with Gasteiger partial charge in [-0.3, -0.25) is 4.79 Å². The van der Waals surface area contributed by atoms with Crippen LogP contribution in [0.15, 0.2) is 29.1 Å². The van der Waals surface area contributed by atoms with Crippen molar-refractivity contribution in [3.05, 3.63) is 56.9 Å². The molecule has 1 atom stereocenters. The lowest BCUT2D eigenvalue weighted by Crippen LogP contribution is -2.47. The van der Waals surface area contributed by atoms with Gasteiger partial charge in [-0.25, -0.2) is 14.6 Å². The van der Waals surface area contributed by atoms with E-state index < -0.39 is 17.7 Å². The highest BCUT2D eigenvalue weighted by molar-refractivity contribution is 5.90. The number of ether oxygens (including phenoxy) is 3. The van der Waals surface area contributed by atoms with Gasteiger partial charge in [-0.15, -0.1) is 0 Å². The van der Waals surface area contributed by atoms with Crippen molar-refractivity contribution in [2.45, 2.75) is 45.4 Å². The van der Waals surface area contributed by atoms with Gasteiger partial charge >= 0.3 is 12.1 Å². The first-order chi connectivity index (χ1) is 15.8. The molecule has 1 aromatic carbocycles. The molecule has 33 heavy (non-hydrogen) atoms. The van der Waals surface area contributed by atoms with E-state index in [4.69, 9.17) is 14.5 Å². The number of aromatic hydroxyl groups is 1. The Morgan fingerprint density at radius 2 is 2.03 bits per heavy atom. The van der Waals surface area contributed by atoms with Gasteiger partial charge in [0.1, 0.15) is 12.4 Å². The number of hydrogen-bond donors (Lipinski definition) is 1. The molecule has 3 aromatic rings. The summed E-state index contributed by atoms with van der Waals surface area (Å²) in [5.41, 5.74) is 2.19. The molecule has 2 aliphatic heterocycles. The van der Waals surface area contributed by atoms with E-state index in [1.54, 1.807) is 35.8 Å². The lowest BCUT2D eigenvalue weighted by molar-refractivity contribution is -0.175. The number of esters is 1. The summed E-state index contributed by atoms with van der Waals surface area (Å²) in [5.74, 6) is -0.605. The minimum atomic E-state index is -1.78. The number of hydrogen-bond acceptors (Lipinski definition) is 8. The Kier molecular flexibility index (Phi) is 4.66. The predicted octanol–water partition coefficient (Wildman–Crippen LogP) is 3.14. The van der Waals surface area contributed by atoms with Crippen LogP contribution in [-0.2, 0) is 44.2 Å². The van der Waals surface area contributed by atoms with Crippen LogP contribution in [0, 0.1) is 0 Å². The molecule has 2 aromatic heterocycles. The summed E-state index contributed by atoms with van der Waals surface area (Å²) in [6, 6.07) is 6.68. The van der Waals surface area contributed by atoms with E-state index in [1.165, 1.54) is 0 Å². The fourth-order valence-electron chi connectivity index (χ4n) is 4.89. The van der Waals surface area contributed by atoms with E-state index in [9.17, 15) is 19.5 Å². The predicted molar refractivity (Wildman–Crippen MR) is 117 cm³/mol. The molecule has 0 amide bonds. The largest absolute Gasteiger partial charge is 0.509 e. The van der Waals surface area contributed by atoms with Crippen molar-refractivity contribution < 1.29 is 28.9 Å². The molecule has 2 aliphatic rings. The number of fused-ring (bicyclic) bond motifs is 5. The van der Waals surface area contributed by atoms with Crippen molar-refractivity contribution in [2.75, 3.05) is 7.11 Å². The molecular formula is C24H22N2O7. The van der Waals surface area contributed by atoms with Gasteiger partial charge in [0.05, 0.1) is 36.1 Å². The molecule has 9 heteroatoms. The number of phenols is 1. The zero-order chi connectivity index (χ0) is 23.5. The zero-order valence-electron chi connectivity index (χ0n) is 18.4. The number of benzene rings is 1. The number of carbonyl (C=O) groups excluding carboxylic acids is 2. The van der Waals surface area contributed by atoms with Gasteiger partial charge in [0.25, 0.3) is 5.56 Å². The molecule has 0 fully saturated rings. The lowest BCUT2D eigenvalue weighted by Gasteiger charge is -2.35. The topological polar surface area (TPSA) is 117 Å². The number of rotatable bonds is 3. The Bertz CT molecular complexity index is 1410. The summed E-state index contributed by atoms with van der Waals surface area (Å²) < 4.78 is 16.9. The van der Waals surface area contributed by atoms with Gasteiger partial charge in [-0.1, -0.05) is 13.8 Å². The summed E-state index contributed by atoms with van der Waals surface area (Å²) >= 11 is 0. The van der Waals surface area contributed by atoms with E-state index in [-0.39, 0.29) is 29.9 Å². The normalized spacial score (nSPS) is 18.3. The molecule has 4 heterocycles. The molecule has 0 aliphatic carbocycles.